The number of nitriles is 1. The van der Waals surface area contributed by atoms with Gasteiger partial charge >= 0.3 is 0 Å². The monoisotopic (exact) mass is 211 g/mol. The maximum atomic E-state index is 11.5. The normalized spacial score (nSPS) is 9.75. The molecule has 0 bridgehead atoms. The van der Waals surface area contributed by atoms with Gasteiger partial charge in [-0.05, 0) is 6.92 Å². The minimum absolute atomic E-state index is 0.0526. The van der Waals surface area contributed by atoms with E-state index in [1.54, 1.807) is 6.92 Å². The first-order valence-electron chi connectivity index (χ1n) is 4.79. The van der Waals surface area contributed by atoms with Crippen LogP contribution in [0.25, 0.3) is 11.3 Å². The third-order valence-corrected chi connectivity index (χ3v) is 2.20. The predicted octanol–water partition coefficient (Wildman–Crippen LogP) is 1.62. The van der Waals surface area contributed by atoms with Crippen LogP contribution in [0.5, 0.6) is 0 Å². The first kappa shape index (κ1) is 10.1. The number of aryl methyl sites for hydroxylation is 1. The Morgan fingerprint density at radius 3 is 2.62 bits per heavy atom. The van der Waals surface area contributed by atoms with E-state index in [1.807, 2.05) is 36.4 Å². The average molecular weight is 211 g/mol. The summed E-state index contributed by atoms with van der Waals surface area (Å²) in [6.07, 6.45) is 0. The zero-order valence-electron chi connectivity index (χ0n) is 8.69. The van der Waals surface area contributed by atoms with E-state index in [4.69, 9.17) is 5.26 Å². The van der Waals surface area contributed by atoms with Gasteiger partial charge in [0, 0.05) is 5.56 Å². The van der Waals surface area contributed by atoms with Crippen LogP contribution in [0.4, 0.5) is 0 Å². The zero-order valence-corrected chi connectivity index (χ0v) is 8.69. The number of benzene rings is 1. The van der Waals surface area contributed by atoms with Crippen LogP contribution in [0.1, 0.15) is 11.4 Å². The highest BCUT2D eigenvalue weighted by Gasteiger charge is 2.10. The van der Waals surface area contributed by atoms with Gasteiger partial charge < -0.3 is 4.98 Å². The lowest BCUT2D eigenvalue weighted by Crippen LogP contribution is -2.15. The van der Waals surface area contributed by atoms with Crippen molar-refractivity contribution < 1.29 is 0 Å². The molecule has 0 aliphatic rings. The number of hydrogen-bond acceptors (Lipinski definition) is 3. The molecule has 1 aromatic carbocycles. The van der Waals surface area contributed by atoms with Gasteiger partial charge in [0.2, 0.25) is 0 Å². The summed E-state index contributed by atoms with van der Waals surface area (Å²) in [6, 6.07) is 11.1. The molecule has 0 atom stereocenters. The molecule has 0 saturated heterocycles. The third-order valence-electron chi connectivity index (χ3n) is 2.20. The fraction of sp³-hybridized carbons (Fsp3) is 0.0833. The van der Waals surface area contributed by atoms with Gasteiger partial charge in [0.25, 0.3) is 5.56 Å². The second kappa shape index (κ2) is 3.99. The fourth-order valence-corrected chi connectivity index (χ4v) is 1.49. The van der Waals surface area contributed by atoms with Gasteiger partial charge in [-0.25, -0.2) is 4.98 Å². The Kier molecular flexibility index (Phi) is 2.52. The minimum Gasteiger partial charge on any atom is -0.310 e. The van der Waals surface area contributed by atoms with Crippen molar-refractivity contribution in [1.29, 1.82) is 5.26 Å². The van der Waals surface area contributed by atoms with E-state index in [0.29, 0.717) is 11.5 Å². The van der Waals surface area contributed by atoms with Gasteiger partial charge in [0.1, 0.15) is 17.5 Å². The number of H-pyrrole nitrogens is 1. The SMILES string of the molecule is Cc1nc(-c2ccccc2)c(C#N)c(=O)[nH]1. The lowest BCUT2D eigenvalue weighted by Gasteiger charge is -2.03. The average Bonchev–Trinajstić information content (AvgIpc) is 2.29. The van der Waals surface area contributed by atoms with Crippen molar-refractivity contribution in [2.75, 3.05) is 0 Å². The Hall–Kier alpha value is -2.41. The van der Waals surface area contributed by atoms with Crippen molar-refractivity contribution in [3.8, 4) is 17.3 Å². The summed E-state index contributed by atoms with van der Waals surface area (Å²) in [6.45, 7) is 1.69. The lowest BCUT2D eigenvalue weighted by molar-refractivity contribution is 1.01. The smallest absolute Gasteiger partial charge is 0.269 e. The molecule has 0 unspecified atom stereocenters. The summed E-state index contributed by atoms with van der Waals surface area (Å²) in [7, 11) is 0. The molecule has 0 radical (unpaired) electrons. The number of hydrogen-bond donors (Lipinski definition) is 1. The van der Waals surface area contributed by atoms with Crippen LogP contribution in [0.15, 0.2) is 35.1 Å². The highest BCUT2D eigenvalue weighted by molar-refractivity contribution is 5.65. The second-order valence-corrected chi connectivity index (χ2v) is 3.35. The van der Waals surface area contributed by atoms with Crippen LogP contribution < -0.4 is 5.56 Å². The van der Waals surface area contributed by atoms with Crippen molar-refractivity contribution >= 4 is 0 Å². The molecule has 0 saturated carbocycles. The van der Waals surface area contributed by atoms with Gasteiger partial charge in [-0.3, -0.25) is 4.79 Å². The fourth-order valence-electron chi connectivity index (χ4n) is 1.49. The number of rotatable bonds is 1. The van der Waals surface area contributed by atoms with Gasteiger partial charge in [0.15, 0.2) is 0 Å². The van der Waals surface area contributed by atoms with Crippen LogP contribution in [-0.4, -0.2) is 9.97 Å². The van der Waals surface area contributed by atoms with E-state index in [1.165, 1.54) is 0 Å². The molecule has 1 N–H and O–H groups in total. The van der Waals surface area contributed by atoms with E-state index in [0.717, 1.165) is 5.56 Å². The Bertz CT molecular complexity index is 608. The van der Waals surface area contributed by atoms with Crippen LogP contribution in [-0.2, 0) is 0 Å². The molecule has 0 fully saturated rings. The van der Waals surface area contributed by atoms with E-state index in [9.17, 15) is 4.79 Å². The third kappa shape index (κ3) is 1.71. The molecule has 78 valence electrons. The first-order chi connectivity index (χ1) is 7.72. The topological polar surface area (TPSA) is 69.5 Å². The lowest BCUT2D eigenvalue weighted by atomic mass is 10.1. The molecule has 0 amide bonds. The number of aromatic amines is 1. The van der Waals surface area contributed by atoms with Gasteiger partial charge in [0.05, 0.1) is 5.69 Å². The van der Waals surface area contributed by atoms with Crippen molar-refractivity contribution in [1.82, 2.24) is 9.97 Å². The largest absolute Gasteiger partial charge is 0.310 e. The van der Waals surface area contributed by atoms with Gasteiger partial charge in [-0.2, -0.15) is 5.26 Å². The standard InChI is InChI=1S/C12H9N3O/c1-8-14-11(9-5-3-2-4-6-9)10(7-13)12(16)15-8/h2-6H,1H3,(H,14,15,16). The Balaban J connectivity index is 2.75. The highest BCUT2D eigenvalue weighted by Crippen LogP contribution is 2.17. The van der Waals surface area contributed by atoms with Crippen molar-refractivity contribution in [2.45, 2.75) is 6.92 Å². The highest BCUT2D eigenvalue weighted by atomic mass is 16.1. The number of aromatic nitrogens is 2. The van der Waals surface area contributed by atoms with E-state index >= 15 is 0 Å². The van der Waals surface area contributed by atoms with Crippen LogP contribution in [0.3, 0.4) is 0 Å². The van der Waals surface area contributed by atoms with Gasteiger partial charge in [-0.1, -0.05) is 30.3 Å². The Morgan fingerprint density at radius 1 is 1.31 bits per heavy atom. The number of nitrogens with zero attached hydrogens (tertiary/aromatic N) is 2. The summed E-state index contributed by atoms with van der Waals surface area (Å²) in [5, 5.41) is 8.94. The second-order valence-electron chi connectivity index (χ2n) is 3.35. The number of nitrogens with one attached hydrogen (secondary N) is 1. The van der Waals surface area contributed by atoms with Crippen LogP contribution >= 0.6 is 0 Å². The molecule has 2 aromatic rings. The molecule has 0 spiro atoms. The Morgan fingerprint density at radius 2 is 2.00 bits per heavy atom. The molecule has 16 heavy (non-hydrogen) atoms. The van der Waals surface area contributed by atoms with Crippen molar-refractivity contribution in [3.05, 3.63) is 52.1 Å². The summed E-state index contributed by atoms with van der Waals surface area (Å²) >= 11 is 0. The van der Waals surface area contributed by atoms with Gasteiger partial charge in [-0.15, -0.1) is 0 Å². The van der Waals surface area contributed by atoms with Crippen molar-refractivity contribution in [2.24, 2.45) is 0 Å². The van der Waals surface area contributed by atoms with Crippen LogP contribution in [0.2, 0.25) is 0 Å². The Labute approximate surface area is 92.2 Å². The van der Waals surface area contributed by atoms with E-state index < -0.39 is 5.56 Å². The maximum Gasteiger partial charge on any atom is 0.269 e. The van der Waals surface area contributed by atoms with E-state index in [2.05, 4.69) is 9.97 Å². The molecule has 4 heteroatoms. The summed E-state index contributed by atoms with van der Waals surface area (Å²) in [4.78, 5) is 18.3. The predicted molar refractivity (Wildman–Crippen MR) is 59.7 cm³/mol. The first-order valence-corrected chi connectivity index (χ1v) is 4.79. The molecule has 4 nitrogen and oxygen atoms in total. The summed E-state index contributed by atoms with van der Waals surface area (Å²) < 4.78 is 0. The molecule has 0 aliphatic carbocycles. The molecule has 1 aromatic heterocycles. The molecule has 0 aliphatic heterocycles. The molecular weight excluding hydrogens is 202 g/mol. The van der Waals surface area contributed by atoms with Crippen molar-refractivity contribution in [3.63, 3.8) is 0 Å². The summed E-state index contributed by atoms with van der Waals surface area (Å²) in [5.41, 5.74) is 0.864. The molecular formula is C12H9N3O. The maximum absolute atomic E-state index is 11.5. The quantitative estimate of drug-likeness (QED) is 0.779. The van der Waals surface area contributed by atoms with E-state index in [-0.39, 0.29) is 5.56 Å². The molecule has 2 rings (SSSR count). The minimum atomic E-state index is -0.395. The zero-order chi connectivity index (χ0) is 11.5. The molecule has 1 heterocycles. The van der Waals surface area contributed by atoms with Crippen LogP contribution in [0, 0.1) is 18.3 Å². The summed E-state index contributed by atoms with van der Waals surface area (Å²) in [5.74, 6) is 0.503.